The van der Waals surface area contributed by atoms with Crippen molar-refractivity contribution in [3.8, 4) is 0 Å². The molecule has 2 bridgehead atoms. The third-order valence-corrected chi connectivity index (χ3v) is 11.4. The highest BCUT2D eigenvalue weighted by molar-refractivity contribution is 8.00. The first kappa shape index (κ1) is 22.7. The molecule has 176 valence electrons. The highest BCUT2D eigenvalue weighted by Crippen LogP contribution is 2.64. The largest absolute Gasteiger partial charge is 0.324 e. The van der Waals surface area contributed by atoms with E-state index in [1.54, 1.807) is 4.57 Å². The third kappa shape index (κ3) is 3.65. The number of para-hydroxylation sites is 1. The molecule has 1 aromatic heterocycles. The van der Waals surface area contributed by atoms with Crippen molar-refractivity contribution in [1.29, 1.82) is 0 Å². The van der Waals surface area contributed by atoms with Crippen LogP contribution in [0.25, 0.3) is 0 Å². The van der Waals surface area contributed by atoms with Crippen molar-refractivity contribution in [3.05, 3.63) is 78.2 Å². The maximum Gasteiger partial charge on any atom is 0.308 e. The number of thiazole rings is 1. The Kier molecular flexibility index (Phi) is 5.84. The molecule has 34 heavy (non-hydrogen) atoms. The van der Waals surface area contributed by atoms with E-state index in [0.29, 0.717) is 33.0 Å². The number of hydrogen-bond donors (Lipinski definition) is 1. The minimum atomic E-state index is -0.190. The number of thioether (sulfide) groups is 1. The average Bonchev–Trinajstić information content (AvgIpc) is 3.51. The first-order chi connectivity index (χ1) is 16.4. The van der Waals surface area contributed by atoms with Gasteiger partial charge in [0, 0.05) is 21.7 Å². The summed E-state index contributed by atoms with van der Waals surface area (Å²) >= 11 is 16.2. The number of halogens is 2. The smallest absolute Gasteiger partial charge is 0.308 e. The molecule has 1 amide bonds. The van der Waals surface area contributed by atoms with Gasteiger partial charge in [-0.05, 0) is 67.2 Å². The van der Waals surface area contributed by atoms with Gasteiger partial charge >= 0.3 is 4.87 Å². The van der Waals surface area contributed by atoms with Gasteiger partial charge in [0.25, 0.3) is 0 Å². The molecule has 2 heterocycles. The van der Waals surface area contributed by atoms with Crippen LogP contribution >= 0.6 is 46.3 Å². The zero-order valence-electron chi connectivity index (χ0n) is 18.6. The summed E-state index contributed by atoms with van der Waals surface area (Å²) in [6.45, 7) is 1.96. The van der Waals surface area contributed by atoms with Gasteiger partial charge in [0.1, 0.15) is 6.54 Å². The topological polar surface area (TPSA) is 51.1 Å². The average molecular weight is 532 g/mol. The van der Waals surface area contributed by atoms with E-state index in [1.807, 2.05) is 55.1 Å². The van der Waals surface area contributed by atoms with Crippen LogP contribution in [-0.2, 0) is 11.3 Å². The number of amides is 1. The van der Waals surface area contributed by atoms with E-state index < -0.39 is 0 Å². The van der Waals surface area contributed by atoms with Gasteiger partial charge in [-0.1, -0.05) is 64.9 Å². The highest BCUT2D eigenvalue weighted by Gasteiger charge is 2.55. The van der Waals surface area contributed by atoms with Crippen molar-refractivity contribution in [3.63, 3.8) is 0 Å². The fraction of sp³-hybridized carbons (Fsp3) is 0.385. The monoisotopic (exact) mass is 530 g/mol. The van der Waals surface area contributed by atoms with Crippen LogP contribution in [0.4, 0.5) is 5.69 Å². The van der Waals surface area contributed by atoms with E-state index >= 15 is 0 Å². The van der Waals surface area contributed by atoms with E-state index in [1.165, 1.54) is 30.6 Å². The number of nitrogens with zero attached hydrogens (tertiary/aromatic N) is 1. The van der Waals surface area contributed by atoms with Crippen molar-refractivity contribution >= 4 is 57.9 Å². The maximum atomic E-state index is 13.2. The Morgan fingerprint density at radius 2 is 1.91 bits per heavy atom. The molecule has 0 saturated heterocycles. The first-order valence-corrected chi connectivity index (χ1v) is 14.1. The number of nitrogens with one attached hydrogen (secondary N) is 1. The number of carbonyl (C=O) groups is 1. The van der Waals surface area contributed by atoms with Gasteiger partial charge in [0.2, 0.25) is 5.91 Å². The molecule has 3 aromatic rings. The lowest BCUT2D eigenvalue weighted by molar-refractivity contribution is -0.116. The third-order valence-electron chi connectivity index (χ3n) is 7.73. The lowest BCUT2D eigenvalue weighted by atomic mass is 9.75. The van der Waals surface area contributed by atoms with E-state index in [4.69, 9.17) is 23.2 Å². The number of carbonyl (C=O) groups excluding carboxylic acids is 1. The molecule has 2 aromatic carbocycles. The molecular formula is C26H24Cl2N2O2S2. The summed E-state index contributed by atoms with van der Waals surface area (Å²) < 4.78 is 1.67. The van der Waals surface area contributed by atoms with Crippen molar-refractivity contribution in [2.24, 2.45) is 17.8 Å². The van der Waals surface area contributed by atoms with Crippen molar-refractivity contribution < 1.29 is 4.79 Å². The lowest BCUT2D eigenvalue weighted by Crippen LogP contribution is -2.35. The zero-order chi connectivity index (χ0) is 23.6. The Morgan fingerprint density at radius 3 is 2.74 bits per heavy atom. The summed E-state index contributed by atoms with van der Waals surface area (Å²) in [5.74, 6) is 1.59. The molecule has 0 spiro atoms. The van der Waals surface area contributed by atoms with Crippen LogP contribution < -0.4 is 10.2 Å². The number of rotatable bonds is 4. The molecule has 1 N–H and O–H groups in total. The van der Waals surface area contributed by atoms with Crippen LogP contribution in [0.1, 0.15) is 41.2 Å². The van der Waals surface area contributed by atoms with Crippen LogP contribution in [-0.4, -0.2) is 15.7 Å². The van der Waals surface area contributed by atoms with E-state index in [2.05, 4.69) is 11.4 Å². The summed E-state index contributed by atoms with van der Waals surface area (Å²) in [7, 11) is 0. The Labute approximate surface area is 216 Å². The van der Waals surface area contributed by atoms with Crippen molar-refractivity contribution in [2.75, 3.05) is 5.32 Å². The van der Waals surface area contributed by atoms with Gasteiger partial charge in [0.05, 0.1) is 15.1 Å². The Balaban J connectivity index is 1.40. The number of hydrogen-bond acceptors (Lipinski definition) is 4. The first-order valence-electron chi connectivity index (χ1n) is 11.6. The summed E-state index contributed by atoms with van der Waals surface area (Å²) in [5.41, 5.74) is 2.77. The Bertz CT molecular complexity index is 1350. The number of benzene rings is 2. The van der Waals surface area contributed by atoms with Crippen LogP contribution in [0.5, 0.6) is 0 Å². The second-order valence-electron chi connectivity index (χ2n) is 9.60. The number of aryl methyl sites for hydroxylation is 1. The fourth-order valence-electron chi connectivity index (χ4n) is 6.24. The number of fused-ring (bicyclic) bond motifs is 6. The molecule has 6 rings (SSSR count). The molecule has 2 saturated carbocycles. The fourth-order valence-corrected chi connectivity index (χ4v) is 9.81. The summed E-state index contributed by atoms with van der Waals surface area (Å²) in [5, 5.41) is 5.47. The molecule has 2 aliphatic carbocycles. The normalized spacial score (nSPS) is 26.9. The Hall–Kier alpha value is -1.73. The summed E-state index contributed by atoms with van der Waals surface area (Å²) in [6, 6.07) is 13.5. The van der Waals surface area contributed by atoms with Gasteiger partial charge in [-0.15, -0.1) is 11.8 Å². The predicted octanol–water partition coefficient (Wildman–Crippen LogP) is 6.82. The molecule has 0 radical (unpaired) electrons. The van der Waals surface area contributed by atoms with Gasteiger partial charge in [-0.3, -0.25) is 14.2 Å². The Morgan fingerprint density at radius 1 is 1.12 bits per heavy atom. The van der Waals surface area contributed by atoms with Gasteiger partial charge in [-0.2, -0.15) is 0 Å². The second kappa shape index (κ2) is 8.74. The van der Waals surface area contributed by atoms with Crippen LogP contribution in [0, 0.1) is 24.7 Å². The molecule has 4 nitrogen and oxygen atoms in total. The van der Waals surface area contributed by atoms with Crippen molar-refractivity contribution in [2.45, 2.75) is 48.9 Å². The lowest BCUT2D eigenvalue weighted by Gasteiger charge is -2.40. The van der Waals surface area contributed by atoms with E-state index in [0.717, 1.165) is 26.7 Å². The molecule has 8 heteroatoms. The number of aromatic nitrogens is 1. The molecule has 3 aliphatic rings. The quantitative estimate of drug-likeness (QED) is 0.402. The molecule has 1 aliphatic heterocycles. The highest BCUT2D eigenvalue weighted by atomic mass is 35.5. The zero-order valence-corrected chi connectivity index (χ0v) is 21.7. The van der Waals surface area contributed by atoms with Crippen LogP contribution in [0.3, 0.4) is 0 Å². The summed E-state index contributed by atoms with van der Waals surface area (Å²) in [4.78, 5) is 27.1. The molecule has 0 unspecified atom stereocenters. The van der Waals surface area contributed by atoms with Crippen LogP contribution in [0.2, 0.25) is 10.0 Å². The number of anilines is 1. The SMILES string of the molecule is Cc1ccccc1NC(=O)Cn1c2c(sc1=O)[C@@H](c1cccc(Cl)c1Cl)[C@@H]1[C@H]3CC[C@@H](C3)[C@H]1S2. The second-order valence-corrected chi connectivity index (χ2v) is 12.5. The predicted molar refractivity (Wildman–Crippen MR) is 141 cm³/mol. The van der Waals surface area contributed by atoms with Gasteiger partial charge in [0.15, 0.2) is 0 Å². The molecule has 5 atom stereocenters. The van der Waals surface area contributed by atoms with Gasteiger partial charge in [-0.25, -0.2) is 0 Å². The van der Waals surface area contributed by atoms with E-state index in [-0.39, 0.29) is 23.2 Å². The minimum Gasteiger partial charge on any atom is -0.324 e. The molecule has 2 fully saturated rings. The van der Waals surface area contributed by atoms with Crippen LogP contribution in [0.15, 0.2) is 52.3 Å². The standard InChI is InChI=1S/C26H24Cl2N2O2S2/c1-13-5-2-3-8-18(13)29-19(31)12-30-25-24(34-26(30)32)21(16-6-4-7-17(27)22(16)28)20-14-9-10-15(11-14)23(20)33-25/h2-8,14-15,20-21,23H,9-12H2,1H3,(H,29,31)/t14-,15-,20-,21-,23+/m0/s1. The van der Waals surface area contributed by atoms with E-state index in [9.17, 15) is 9.59 Å². The minimum absolute atomic E-state index is 0.00742. The summed E-state index contributed by atoms with van der Waals surface area (Å²) in [6.07, 6.45) is 3.72. The maximum absolute atomic E-state index is 13.2. The molecular weight excluding hydrogens is 507 g/mol. The van der Waals surface area contributed by atoms with Gasteiger partial charge < -0.3 is 5.32 Å². The van der Waals surface area contributed by atoms with Crippen molar-refractivity contribution in [1.82, 2.24) is 4.57 Å².